The third-order valence-electron chi connectivity index (χ3n) is 3.86. The number of nitro groups is 1. The highest BCUT2D eigenvalue weighted by Gasteiger charge is 2.41. The maximum atomic E-state index is 12.6. The summed E-state index contributed by atoms with van der Waals surface area (Å²) in [7, 11) is 0. The number of hydrazine groups is 1. The second-order valence-electron chi connectivity index (χ2n) is 5.57. The van der Waals surface area contributed by atoms with E-state index in [1.807, 2.05) is 0 Å². The van der Waals surface area contributed by atoms with Crippen molar-refractivity contribution in [2.75, 3.05) is 13.1 Å². The highest BCUT2D eigenvalue weighted by molar-refractivity contribution is 5.98. The summed E-state index contributed by atoms with van der Waals surface area (Å²) in [5.74, 6) is -3.70. The number of carbonyl (C=O) groups excluding carboxylic acids is 1. The topological polar surface area (TPSA) is 113 Å². The summed E-state index contributed by atoms with van der Waals surface area (Å²) in [6.45, 7) is -0.0622. The van der Waals surface area contributed by atoms with E-state index < -0.39 is 40.1 Å². The van der Waals surface area contributed by atoms with Crippen LogP contribution in [0.25, 0.3) is 0 Å². The molecule has 136 valence electrons. The molecule has 1 amide bonds. The smallest absolute Gasteiger partial charge is 0.391 e. The van der Waals surface area contributed by atoms with Gasteiger partial charge in [0.05, 0.1) is 16.4 Å². The van der Waals surface area contributed by atoms with Gasteiger partial charge in [0, 0.05) is 30.8 Å². The fraction of sp³-hybridized carbons (Fsp3) is 0.429. The van der Waals surface area contributed by atoms with Crippen LogP contribution in [0, 0.1) is 16.0 Å². The normalized spacial score (nSPS) is 16.4. The molecule has 0 radical (unpaired) electrons. The van der Waals surface area contributed by atoms with E-state index in [-0.39, 0.29) is 31.5 Å². The Labute approximate surface area is 139 Å². The largest absolute Gasteiger partial charge is 0.478 e. The molecule has 2 N–H and O–H groups in total. The van der Waals surface area contributed by atoms with E-state index in [1.165, 1.54) is 5.01 Å². The van der Waals surface area contributed by atoms with E-state index in [1.54, 1.807) is 0 Å². The van der Waals surface area contributed by atoms with E-state index in [9.17, 15) is 32.9 Å². The SMILES string of the molecule is O=C(O)c1cc(C(=O)NN2CCC(C(F)(F)F)CC2)cc([N+](=O)[O-])c1. The molecule has 1 fully saturated rings. The molecule has 0 unspecified atom stereocenters. The van der Waals surface area contributed by atoms with Gasteiger partial charge >= 0.3 is 12.1 Å². The Kier molecular flexibility index (Phi) is 5.26. The highest BCUT2D eigenvalue weighted by Crippen LogP contribution is 2.33. The molecule has 8 nitrogen and oxygen atoms in total. The van der Waals surface area contributed by atoms with Gasteiger partial charge in [0.2, 0.25) is 0 Å². The molecule has 1 aliphatic heterocycles. The van der Waals surface area contributed by atoms with Crippen molar-refractivity contribution < 1.29 is 32.8 Å². The first-order valence-corrected chi connectivity index (χ1v) is 7.23. The molecule has 1 heterocycles. The number of alkyl halides is 3. The Bertz CT molecular complexity index is 667. The van der Waals surface area contributed by atoms with Crippen LogP contribution in [0.2, 0.25) is 0 Å². The summed E-state index contributed by atoms with van der Waals surface area (Å²) in [4.78, 5) is 33.1. The second-order valence-corrected chi connectivity index (χ2v) is 5.57. The van der Waals surface area contributed by atoms with Gasteiger partial charge in [-0.25, -0.2) is 9.80 Å². The van der Waals surface area contributed by atoms with Crippen LogP contribution in [0.4, 0.5) is 18.9 Å². The van der Waals surface area contributed by atoms with E-state index in [4.69, 9.17) is 5.11 Å². The predicted octanol–water partition coefficient (Wildman–Crippen LogP) is 2.21. The Morgan fingerprint density at radius 2 is 1.76 bits per heavy atom. The van der Waals surface area contributed by atoms with Crippen LogP contribution in [0.5, 0.6) is 0 Å². The monoisotopic (exact) mass is 361 g/mol. The summed E-state index contributed by atoms with van der Waals surface area (Å²) in [6.07, 6.45) is -4.65. The van der Waals surface area contributed by atoms with Gasteiger partial charge in [0.1, 0.15) is 0 Å². The molecule has 0 aliphatic carbocycles. The fourth-order valence-electron chi connectivity index (χ4n) is 2.50. The molecule has 0 aromatic heterocycles. The van der Waals surface area contributed by atoms with Gasteiger partial charge in [-0.05, 0) is 18.9 Å². The number of piperidine rings is 1. The first-order chi connectivity index (χ1) is 11.6. The van der Waals surface area contributed by atoms with Gasteiger partial charge in [0.15, 0.2) is 0 Å². The molecule has 2 rings (SSSR count). The third kappa shape index (κ3) is 4.66. The Morgan fingerprint density at radius 3 is 2.24 bits per heavy atom. The number of carboxylic acid groups (broad SMARTS) is 1. The lowest BCUT2D eigenvalue weighted by Gasteiger charge is -2.32. The standard InChI is InChI=1S/C14H14F3N3O5/c15-14(16,17)10-1-3-19(4-2-10)18-12(21)8-5-9(13(22)23)7-11(6-8)20(24)25/h5-7,10H,1-4H2,(H,18,21)(H,22,23). The van der Waals surface area contributed by atoms with Gasteiger partial charge in [0.25, 0.3) is 11.6 Å². The second kappa shape index (κ2) is 7.05. The van der Waals surface area contributed by atoms with Crippen molar-refractivity contribution in [2.45, 2.75) is 19.0 Å². The van der Waals surface area contributed by atoms with Crippen molar-refractivity contribution in [2.24, 2.45) is 5.92 Å². The van der Waals surface area contributed by atoms with E-state index in [0.717, 1.165) is 18.2 Å². The van der Waals surface area contributed by atoms with Crippen molar-refractivity contribution in [3.05, 3.63) is 39.4 Å². The first kappa shape index (κ1) is 18.6. The van der Waals surface area contributed by atoms with E-state index in [2.05, 4.69) is 5.43 Å². The number of hydrogen-bond donors (Lipinski definition) is 2. The van der Waals surface area contributed by atoms with Crippen LogP contribution in [-0.2, 0) is 0 Å². The van der Waals surface area contributed by atoms with Crippen LogP contribution in [0.3, 0.4) is 0 Å². The minimum atomic E-state index is -4.29. The predicted molar refractivity (Wildman–Crippen MR) is 77.9 cm³/mol. The van der Waals surface area contributed by atoms with Crippen LogP contribution < -0.4 is 5.43 Å². The average Bonchev–Trinajstić information content (AvgIpc) is 2.53. The van der Waals surface area contributed by atoms with E-state index >= 15 is 0 Å². The summed E-state index contributed by atoms with van der Waals surface area (Å²) < 4.78 is 37.8. The zero-order chi connectivity index (χ0) is 18.8. The summed E-state index contributed by atoms with van der Waals surface area (Å²) in [6, 6.07) is 2.69. The molecule has 1 saturated heterocycles. The lowest BCUT2D eigenvalue weighted by Crippen LogP contribution is -2.48. The number of nitrogens with one attached hydrogen (secondary N) is 1. The Hall–Kier alpha value is -2.69. The van der Waals surface area contributed by atoms with Gasteiger partial charge < -0.3 is 5.11 Å². The highest BCUT2D eigenvalue weighted by atomic mass is 19.4. The summed E-state index contributed by atoms with van der Waals surface area (Å²) in [5.41, 5.74) is 1.09. The zero-order valence-corrected chi connectivity index (χ0v) is 12.7. The molecule has 0 saturated carbocycles. The number of amides is 1. The molecule has 0 atom stereocenters. The molecule has 0 spiro atoms. The average molecular weight is 361 g/mol. The summed E-state index contributed by atoms with van der Waals surface area (Å²) >= 11 is 0. The molecule has 1 aromatic rings. The maximum Gasteiger partial charge on any atom is 0.391 e. The number of non-ortho nitro benzene ring substituents is 1. The van der Waals surface area contributed by atoms with Crippen LogP contribution >= 0.6 is 0 Å². The Balaban J connectivity index is 2.09. The molecule has 1 aliphatic rings. The van der Waals surface area contributed by atoms with Gasteiger partial charge in [-0.2, -0.15) is 13.2 Å². The summed E-state index contributed by atoms with van der Waals surface area (Å²) in [5, 5.41) is 21.1. The molecule has 1 aromatic carbocycles. The minimum Gasteiger partial charge on any atom is -0.478 e. The number of nitro benzene ring substituents is 1. The number of nitrogens with zero attached hydrogens (tertiary/aromatic N) is 2. The molecular formula is C14H14F3N3O5. The minimum absolute atomic E-state index is 0.0311. The molecule has 11 heteroatoms. The van der Waals surface area contributed by atoms with Crippen LogP contribution in [-0.4, -0.2) is 46.2 Å². The van der Waals surface area contributed by atoms with Crippen molar-refractivity contribution in [1.29, 1.82) is 0 Å². The van der Waals surface area contributed by atoms with Gasteiger partial charge in [-0.1, -0.05) is 0 Å². The van der Waals surface area contributed by atoms with Gasteiger partial charge in [-0.15, -0.1) is 0 Å². The third-order valence-corrected chi connectivity index (χ3v) is 3.86. The van der Waals surface area contributed by atoms with Crippen LogP contribution in [0.1, 0.15) is 33.6 Å². The number of rotatable bonds is 4. The molecular weight excluding hydrogens is 347 g/mol. The fourth-order valence-corrected chi connectivity index (χ4v) is 2.50. The zero-order valence-electron chi connectivity index (χ0n) is 12.7. The number of halogens is 3. The maximum absolute atomic E-state index is 12.6. The van der Waals surface area contributed by atoms with Crippen molar-refractivity contribution >= 4 is 17.6 Å². The quantitative estimate of drug-likeness (QED) is 0.628. The number of aromatic carboxylic acids is 1. The van der Waals surface area contributed by atoms with Gasteiger partial charge in [-0.3, -0.25) is 20.3 Å². The van der Waals surface area contributed by atoms with E-state index in [0.29, 0.717) is 0 Å². The number of benzene rings is 1. The van der Waals surface area contributed by atoms with Crippen molar-refractivity contribution in [3.8, 4) is 0 Å². The number of carbonyl (C=O) groups is 2. The lowest BCUT2D eigenvalue weighted by atomic mass is 9.97. The van der Waals surface area contributed by atoms with Crippen molar-refractivity contribution in [1.82, 2.24) is 10.4 Å². The molecule has 25 heavy (non-hydrogen) atoms. The number of hydrogen-bond acceptors (Lipinski definition) is 5. The first-order valence-electron chi connectivity index (χ1n) is 7.23. The number of carboxylic acids is 1. The lowest BCUT2D eigenvalue weighted by molar-refractivity contribution is -0.384. The molecule has 0 bridgehead atoms. The van der Waals surface area contributed by atoms with Crippen molar-refractivity contribution in [3.63, 3.8) is 0 Å². The Morgan fingerprint density at radius 1 is 1.20 bits per heavy atom. The van der Waals surface area contributed by atoms with Crippen LogP contribution in [0.15, 0.2) is 18.2 Å².